The summed E-state index contributed by atoms with van der Waals surface area (Å²) < 4.78 is 5.12. The Hall–Kier alpha value is -4.39. The summed E-state index contributed by atoms with van der Waals surface area (Å²) in [5.41, 5.74) is 3.51. The van der Waals surface area contributed by atoms with Crippen molar-refractivity contribution in [2.75, 3.05) is 17.2 Å². The Morgan fingerprint density at radius 1 is 0.824 bits per heavy atom. The number of benzene rings is 3. The van der Waals surface area contributed by atoms with E-state index in [1.54, 1.807) is 36.4 Å². The third-order valence-electron chi connectivity index (χ3n) is 5.34. The molecule has 1 aromatic heterocycles. The van der Waals surface area contributed by atoms with Gasteiger partial charge in [0.05, 0.1) is 11.3 Å². The van der Waals surface area contributed by atoms with Crippen LogP contribution in [0.25, 0.3) is 10.9 Å². The maximum absolute atomic E-state index is 12.6. The first kappa shape index (κ1) is 22.8. The van der Waals surface area contributed by atoms with Gasteiger partial charge in [-0.1, -0.05) is 48.5 Å². The van der Waals surface area contributed by atoms with E-state index < -0.39 is 18.5 Å². The molecular weight excluding hydrogens is 430 g/mol. The summed E-state index contributed by atoms with van der Waals surface area (Å²) in [7, 11) is 0. The van der Waals surface area contributed by atoms with E-state index in [9.17, 15) is 14.4 Å². The summed E-state index contributed by atoms with van der Waals surface area (Å²) in [5.74, 6) is -1.30. The number of carbonyl (C=O) groups is 3. The summed E-state index contributed by atoms with van der Waals surface area (Å²) in [6.45, 7) is -0.416. The molecule has 0 spiro atoms. The SMILES string of the molecule is O=C(COC(=O)CCCc1c[nH]c2ccccc12)Nc1ccccc1C(=O)Nc1ccccc1. The van der Waals surface area contributed by atoms with Gasteiger partial charge >= 0.3 is 5.97 Å². The number of aromatic amines is 1. The van der Waals surface area contributed by atoms with Crippen LogP contribution in [0.3, 0.4) is 0 Å². The number of para-hydroxylation sites is 3. The third kappa shape index (κ3) is 5.89. The summed E-state index contributed by atoms with van der Waals surface area (Å²) in [4.78, 5) is 40.3. The molecule has 0 saturated carbocycles. The first-order chi connectivity index (χ1) is 16.6. The molecule has 2 amide bonds. The van der Waals surface area contributed by atoms with Crippen LogP contribution in [0.5, 0.6) is 0 Å². The molecule has 3 aromatic carbocycles. The fourth-order valence-electron chi connectivity index (χ4n) is 3.68. The molecule has 172 valence electrons. The molecule has 1 heterocycles. The highest BCUT2D eigenvalue weighted by Crippen LogP contribution is 2.20. The Bertz CT molecular complexity index is 1300. The van der Waals surface area contributed by atoms with E-state index in [4.69, 9.17) is 4.74 Å². The maximum Gasteiger partial charge on any atom is 0.306 e. The zero-order valence-corrected chi connectivity index (χ0v) is 18.5. The average Bonchev–Trinajstić information content (AvgIpc) is 3.27. The fraction of sp³-hybridized carbons (Fsp3) is 0.148. The second-order valence-electron chi connectivity index (χ2n) is 7.79. The van der Waals surface area contributed by atoms with Gasteiger partial charge in [0.2, 0.25) is 0 Å². The second kappa shape index (κ2) is 11.0. The lowest BCUT2D eigenvalue weighted by Gasteiger charge is -2.12. The van der Waals surface area contributed by atoms with Crippen LogP contribution in [0, 0.1) is 0 Å². The molecule has 0 fully saturated rings. The Morgan fingerprint density at radius 3 is 2.41 bits per heavy atom. The number of fused-ring (bicyclic) bond motifs is 1. The van der Waals surface area contributed by atoms with E-state index in [0.717, 1.165) is 22.9 Å². The molecule has 0 unspecified atom stereocenters. The summed E-state index contributed by atoms with van der Waals surface area (Å²) in [6.07, 6.45) is 3.51. The standard InChI is InChI=1S/C27H25N3O4/c31-25(18-34-26(32)16-8-9-19-17-28-23-14-6-4-12-21(19)23)30-24-15-7-5-13-22(24)27(33)29-20-10-2-1-3-11-20/h1-7,10-15,17,28H,8-9,16,18H2,(H,29,33)(H,30,31). The van der Waals surface area contributed by atoms with E-state index in [2.05, 4.69) is 15.6 Å². The molecule has 0 aliphatic rings. The van der Waals surface area contributed by atoms with Crippen LogP contribution in [-0.2, 0) is 20.7 Å². The van der Waals surface area contributed by atoms with E-state index in [-0.39, 0.29) is 12.3 Å². The topological polar surface area (TPSA) is 100 Å². The molecule has 4 rings (SSSR count). The zero-order chi connectivity index (χ0) is 23.8. The van der Waals surface area contributed by atoms with Gasteiger partial charge in [-0.3, -0.25) is 14.4 Å². The molecule has 7 heteroatoms. The van der Waals surface area contributed by atoms with Gasteiger partial charge in [-0.15, -0.1) is 0 Å². The molecule has 4 aromatic rings. The first-order valence-corrected chi connectivity index (χ1v) is 11.1. The number of H-pyrrole nitrogens is 1. The van der Waals surface area contributed by atoms with Gasteiger partial charge in [0.1, 0.15) is 0 Å². The number of hydrogen-bond acceptors (Lipinski definition) is 4. The number of rotatable bonds is 9. The predicted molar refractivity (Wildman–Crippen MR) is 132 cm³/mol. The molecule has 0 aliphatic heterocycles. The summed E-state index contributed by atoms with van der Waals surface area (Å²) >= 11 is 0. The third-order valence-corrected chi connectivity index (χ3v) is 5.34. The van der Waals surface area contributed by atoms with Crippen LogP contribution in [0.1, 0.15) is 28.8 Å². The van der Waals surface area contributed by atoms with Crippen molar-refractivity contribution in [1.29, 1.82) is 0 Å². The number of aryl methyl sites for hydroxylation is 1. The van der Waals surface area contributed by atoms with Crippen LogP contribution in [-0.4, -0.2) is 29.4 Å². The zero-order valence-electron chi connectivity index (χ0n) is 18.5. The highest BCUT2D eigenvalue weighted by atomic mass is 16.5. The van der Waals surface area contributed by atoms with Crippen molar-refractivity contribution >= 4 is 40.1 Å². The number of amides is 2. The predicted octanol–water partition coefficient (Wildman–Crippen LogP) is 4.92. The fourth-order valence-corrected chi connectivity index (χ4v) is 3.68. The molecule has 34 heavy (non-hydrogen) atoms. The lowest BCUT2D eigenvalue weighted by atomic mass is 10.1. The molecule has 0 bridgehead atoms. The van der Waals surface area contributed by atoms with Crippen LogP contribution in [0.15, 0.2) is 85.1 Å². The van der Waals surface area contributed by atoms with Crippen molar-refractivity contribution in [3.8, 4) is 0 Å². The van der Waals surface area contributed by atoms with E-state index in [0.29, 0.717) is 23.4 Å². The maximum atomic E-state index is 12.6. The average molecular weight is 456 g/mol. The number of ether oxygens (including phenoxy) is 1. The lowest BCUT2D eigenvalue weighted by Crippen LogP contribution is -2.23. The molecule has 0 saturated heterocycles. The smallest absolute Gasteiger partial charge is 0.306 e. The van der Waals surface area contributed by atoms with Crippen LogP contribution < -0.4 is 10.6 Å². The highest BCUT2D eigenvalue weighted by Gasteiger charge is 2.15. The van der Waals surface area contributed by atoms with Crippen molar-refractivity contribution < 1.29 is 19.1 Å². The van der Waals surface area contributed by atoms with Gasteiger partial charge in [0.25, 0.3) is 11.8 Å². The molecule has 3 N–H and O–H groups in total. The Kier molecular flexibility index (Phi) is 7.35. The van der Waals surface area contributed by atoms with Gasteiger partial charge in [-0.2, -0.15) is 0 Å². The largest absolute Gasteiger partial charge is 0.456 e. The van der Waals surface area contributed by atoms with E-state index in [1.165, 1.54) is 0 Å². The minimum absolute atomic E-state index is 0.211. The molecule has 0 atom stereocenters. The Balaban J connectivity index is 1.24. The molecule has 0 radical (unpaired) electrons. The number of carbonyl (C=O) groups excluding carboxylic acids is 3. The number of esters is 1. The molecule has 7 nitrogen and oxygen atoms in total. The van der Waals surface area contributed by atoms with Crippen LogP contribution in [0.4, 0.5) is 11.4 Å². The Labute approximate surface area is 197 Å². The van der Waals surface area contributed by atoms with E-state index >= 15 is 0 Å². The summed E-state index contributed by atoms with van der Waals surface area (Å²) in [6, 6.07) is 23.7. The minimum Gasteiger partial charge on any atom is -0.456 e. The Morgan fingerprint density at radius 2 is 1.56 bits per heavy atom. The number of hydrogen-bond donors (Lipinski definition) is 3. The van der Waals surface area contributed by atoms with Crippen molar-refractivity contribution in [2.24, 2.45) is 0 Å². The van der Waals surface area contributed by atoms with Gasteiger partial charge in [-0.25, -0.2) is 0 Å². The summed E-state index contributed by atoms with van der Waals surface area (Å²) in [5, 5.41) is 6.58. The molecule has 0 aliphatic carbocycles. The minimum atomic E-state index is -0.509. The van der Waals surface area contributed by atoms with Crippen molar-refractivity contribution in [3.63, 3.8) is 0 Å². The lowest BCUT2D eigenvalue weighted by molar-refractivity contribution is -0.147. The number of nitrogens with one attached hydrogen (secondary N) is 3. The van der Waals surface area contributed by atoms with Crippen LogP contribution in [0.2, 0.25) is 0 Å². The van der Waals surface area contributed by atoms with Gasteiger partial charge in [0, 0.05) is 29.2 Å². The number of anilines is 2. The second-order valence-corrected chi connectivity index (χ2v) is 7.79. The van der Waals surface area contributed by atoms with Crippen molar-refractivity contribution in [3.05, 3.63) is 96.2 Å². The number of aromatic nitrogens is 1. The van der Waals surface area contributed by atoms with Gasteiger partial charge in [0.15, 0.2) is 6.61 Å². The first-order valence-electron chi connectivity index (χ1n) is 11.1. The highest BCUT2D eigenvalue weighted by molar-refractivity contribution is 6.10. The van der Waals surface area contributed by atoms with E-state index in [1.807, 2.05) is 48.7 Å². The van der Waals surface area contributed by atoms with Crippen molar-refractivity contribution in [1.82, 2.24) is 4.98 Å². The quantitative estimate of drug-likeness (QED) is 0.312. The molecular formula is C27H25N3O4. The van der Waals surface area contributed by atoms with Crippen LogP contribution >= 0.6 is 0 Å². The van der Waals surface area contributed by atoms with Gasteiger partial charge < -0.3 is 20.4 Å². The monoisotopic (exact) mass is 455 g/mol. The normalized spacial score (nSPS) is 10.6. The van der Waals surface area contributed by atoms with Gasteiger partial charge in [-0.05, 0) is 48.7 Å². The van der Waals surface area contributed by atoms with Crippen molar-refractivity contribution in [2.45, 2.75) is 19.3 Å².